The molecule has 1 aromatic rings. The number of rotatable bonds is 1. The molecule has 1 atom stereocenters. The van der Waals surface area contributed by atoms with Gasteiger partial charge in [-0.2, -0.15) is 0 Å². The lowest BCUT2D eigenvalue weighted by Crippen LogP contribution is -2.49. The lowest BCUT2D eigenvalue weighted by Gasteiger charge is -2.41. The van der Waals surface area contributed by atoms with E-state index in [4.69, 9.17) is 5.73 Å². The third-order valence-electron chi connectivity index (χ3n) is 3.03. The molecule has 0 amide bonds. The molecule has 2 N–H and O–H groups in total. The first kappa shape index (κ1) is 10.8. The molecular weight excluding hydrogens is 254 g/mol. The van der Waals surface area contributed by atoms with Crippen LogP contribution in [-0.2, 0) is 0 Å². The molecule has 82 valence electrons. The van der Waals surface area contributed by atoms with E-state index in [0.717, 1.165) is 11.0 Å². The summed E-state index contributed by atoms with van der Waals surface area (Å²) in [4.78, 5) is 4.53. The van der Waals surface area contributed by atoms with Gasteiger partial charge in [-0.3, -0.25) is 0 Å². The molecule has 1 aromatic carbocycles. The van der Waals surface area contributed by atoms with Crippen molar-refractivity contribution >= 4 is 27.3 Å². The lowest BCUT2D eigenvalue weighted by atomic mass is 10.1. The summed E-state index contributed by atoms with van der Waals surface area (Å²) in [6.45, 7) is 1.67. The molecule has 0 spiro atoms. The van der Waals surface area contributed by atoms with Crippen LogP contribution < -0.4 is 15.5 Å². The number of likely N-dealkylation sites (N-methyl/N-ethyl adjacent to an activating group) is 2. The van der Waals surface area contributed by atoms with Crippen LogP contribution in [0.25, 0.3) is 0 Å². The molecular formula is C11H16BrN3. The summed E-state index contributed by atoms with van der Waals surface area (Å²) in [5, 5.41) is 0. The Labute approximate surface area is 99.0 Å². The molecule has 3 nitrogen and oxygen atoms in total. The van der Waals surface area contributed by atoms with E-state index in [0.29, 0.717) is 12.6 Å². The number of hydrogen-bond acceptors (Lipinski definition) is 3. The number of hydrogen-bond donors (Lipinski definition) is 1. The van der Waals surface area contributed by atoms with E-state index in [-0.39, 0.29) is 0 Å². The van der Waals surface area contributed by atoms with Crippen molar-refractivity contribution in [3.63, 3.8) is 0 Å². The zero-order valence-electron chi connectivity index (χ0n) is 9.07. The highest BCUT2D eigenvalue weighted by Gasteiger charge is 2.25. The highest BCUT2D eigenvalue weighted by atomic mass is 79.9. The van der Waals surface area contributed by atoms with Gasteiger partial charge in [0.2, 0.25) is 0 Å². The maximum atomic E-state index is 5.77. The predicted molar refractivity (Wildman–Crippen MR) is 68.7 cm³/mol. The third-order valence-corrected chi connectivity index (χ3v) is 3.53. The number of halogens is 1. The number of nitrogens with two attached hydrogens (primary N) is 1. The molecule has 1 aliphatic heterocycles. The van der Waals surface area contributed by atoms with E-state index in [9.17, 15) is 0 Å². The largest absolute Gasteiger partial charge is 0.371 e. The van der Waals surface area contributed by atoms with Crippen LogP contribution in [0, 0.1) is 0 Å². The molecule has 0 radical (unpaired) electrons. The van der Waals surface area contributed by atoms with E-state index >= 15 is 0 Å². The van der Waals surface area contributed by atoms with E-state index in [1.54, 1.807) is 0 Å². The van der Waals surface area contributed by atoms with E-state index < -0.39 is 0 Å². The minimum absolute atomic E-state index is 0.406. The molecule has 1 unspecified atom stereocenters. The fraction of sp³-hybridized carbons (Fsp3) is 0.455. The van der Waals surface area contributed by atoms with Crippen molar-refractivity contribution in [1.82, 2.24) is 0 Å². The summed E-state index contributed by atoms with van der Waals surface area (Å²) in [5.74, 6) is 0. The van der Waals surface area contributed by atoms with Crippen LogP contribution in [0.4, 0.5) is 11.4 Å². The Kier molecular flexibility index (Phi) is 2.89. The van der Waals surface area contributed by atoms with Crippen molar-refractivity contribution in [2.75, 3.05) is 37.0 Å². The summed E-state index contributed by atoms with van der Waals surface area (Å²) >= 11 is 3.50. The molecule has 15 heavy (non-hydrogen) atoms. The maximum absolute atomic E-state index is 5.77. The molecule has 1 aliphatic rings. The molecule has 1 heterocycles. The van der Waals surface area contributed by atoms with Crippen molar-refractivity contribution in [1.29, 1.82) is 0 Å². The van der Waals surface area contributed by atoms with Gasteiger partial charge in [0.05, 0.1) is 17.4 Å². The van der Waals surface area contributed by atoms with Crippen LogP contribution in [0.15, 0.2) is 22.7 Å². The molecule has 0 bridgehead atoms. The van der Waals surface area contributed by atoms with Crippen molar-refractivity contribution < 1.29 is 0 Å². The monoisotopic (exact) mass is 269 g/mol. The Balaban J connectivity index is 2.44. The Bertz CT molecular complexity index is 367. The number of benzene rings is 1. The van der Waals surface area contributed by atoms with Crippen molar-refractivity contribution in [2.45, 2.75) is 6.04 Å². The maximum Gasteiger partial charge on any atom is 0.0613 e. The van der Waals surface area contributed by atoms with Crippen LogP contribution in [0.5, 0.6) is 0 Å². The van der Waals surface area contributed by atoms with Crippen LogP contribution in [-0.4, -0.2) is 33.2 Å². The van der Waals surface area contributed by atoms with E-state index in [1.165, 1.54) is 11.4 Å². The first-order valence-electron chi connectivity index (χ1n) is 5.07. The average molecular weight is 270 g/mol. The van der Waals surface area contributed by atoms with Crippen LogP contribution in [0.1, 0.15) is 0 Å². The standard InChI is InChI=1S/C11H16BrN3/c1-14-7-9(6-13)15(2)10-4-3-8(12)5-11(10)14/h3-5,9H,6-7,13H2,1-2H3. The van der Waals surface area contributed by atoms with Gasteiger partial charge in [-0.15, -0.1) is 0 Å². The zero-order chi connectivity index (χ0) is 11.0. The molecule has 0 fully saturated rings. The number of anilines is 2. The predicted octanol–water partition coefficient (Wildman–Crippen LogP) is 1.66. The smallest absolute Gasteiger partial charge is 0.0613 e. The topological polar surface area (TPSA) is 32.5 Å². The summed E-state index contributed by atoms with van der Waals surface area (Å²) < 4.78 is 1.12. The fourth-order valence-corrected chi connectivity index (χ4v) is 2.42. The van der Waals surface area contributed by atoms with Crippen LogP contribution >= 0.6 is 15.9 Å². The third kappa shape index (κ3) is 1.84. The minimum atomic E-state index is 0.406. The first-order chi connectivity index (χ1) is 7.13. The highest BCUT2D eigenvalue weighted by Crippen LogP contribution is 2.35. The van der Waals surface area contributed by atoms with Crippen LogP contribution in [0.3, 0.4) is 0 Å². The second-order valence-electron chi connectivity index (χ2n) is 4.01. The second-order valence-corrected chi connectivity index (χ2v) is 4.93. The van der Waals surface area contributed by atoms with Crippen molar-refractivity contribution in [3.8, 4) is 0 Å². The highest BCUT2D eigenvalue weighted by molar-refractivity contribution is 9.10. The molecule has 0 saturated heterocycles. The Morgan fingerprint density at radius 2 is 2.13 bits per heavy atom. The number of fused-ring (bicyclic) bond motifs is 1. The average Bonchev–Trinajstić information content (AvgIpc) is 2.23. The van der Waals surface area contributed by atoms with Gasteiger partial charge in [0.1, 0.15) is 0 Å². The summed E-state index contributed by atoms with van der Waals surface area (Å²) in [5.41, 5.74) is 8.28. The molecule has 2 rings (SSSR count). The van der Waals surface area contributed by atoms with Gasteiger partial charge in [-0.25, -0.2) is 0 Å². The minimum Gasteiger partial charge on any atom is -0.371 e. The number of nitrogens with zero attached hydrogens (tertiary/aromatic N) is 2. The van der Waals surface area contributed by atoms with Crippen molar-refractivity contribution in [2.24, 2.45) is 5.73 Å². The first-order valence-corrected chi connectivity index (χ1v) is 5.86. The van der Waals surface area contributed by atoms with Crippen molar-refractivity contribution in [3.05, 3.63) is 22.7 Å². The zero-order valence-corrected chi connectivity index (χ0v) is 10.7. The van der Waals surface area contributed by atoms with E-state index in [2.05, 4.69) is 58.0 Å². The summed E-state index contributed by atoms with van der Waals surface area (Å²) in [7, 11) is 4.22. The molecule has 0 aromatic heterocycles. The molecule has 0 aliphatic carbocycles. The van der Waals surface area contributed by atoms with Gasteiger partial charge in [0.15, 0.2) is 0 Å². The lowest BCUT2D eigenvalue weighted by molar-refractivity contribution is 0.609. The van der Waals surface area contributed by atoms with Gasteiger partial charge in [-0.05, 0) is 18.2 Å². The van der Waals surface area contributed by atoms with Gasteiger partial charge in [0.25, 0.3) is 0 Å². The van der Waals surface area contributed by atoms with Gasteiger partial charge >= 0.3 is 0 Å². The summed E-state index contributed by atoms with van der Waals surface area (Å²) in [6.07, 6.45) is 0. The van der Waals surface area contributed by atoms with Gasteiger partial charge in [-0.1, -0.05) is 15.9 Å². The fourth-order valence-electron chi connectivity index (χ4n) is 2.07. The van der Waals surface area contributed by atoms with E-state index in [1.807, 2.05) is 0 Å². The quantitative estimate of drug-likeness (QED) is 0.842. The SMILES string of the molecule is CN1CC(CN)N(C)c2ccc(Br)cc21. The van der Waals surface area contributed by atoms with Gasteiger partial charge < -0.3 is 15.5 Å². The Hall–Kier alpha value is -0.740. The normalized spacial score (nSPS) is 20.4. The van der Waals surface area contributed by atoms with Crippen LogP contribution in [0.2, 0.25) is 0 Å². The second kappa shape index (κ2) is 4.02. The van der Waals surface area contributed by atoms with Gasteiger partial charge in [0, 0.05) is 31.7 Å². The Morgan fingerprint density at radius 3 is 2.80 bits per heavy atom. The Morgan fingerprint density at radius 1 is 1.40 bits per heavy atom. The molecule has 4 heteroatoms. The summed E-state index contributed by atoms with van der Waals surface area (Å²) in [6, 6.07) is 6.77. The molecule has 0 saturated carbocycles.